The highest BCUT2D eigenvalue weighted by Gasteiger charge is 2.25. The van der Waals surface area contributed by atoms with E-state index in [9.17, 15) is 0 Å². The predicted octanol–water partition coefficient (Wildman–Crippen LogP) is 1.87. The van der Waals surface area contributed by atoms with Crippen molar-refractivity contribution < 1.29 is 0 Å². The van der Waals surface area contributed by atoms with Crippen molar-refractivity contribution in [1.29, 1.82) is 0 Å². The van der Waals surface area contributed by atoms with E-state index in [1.165, 1.54) is 11.3 Å². The van der Waals surface area contributed by atoms with Crippen molar-refractivity contribution in [1.82, 2.24) is 9.88 Å². The molecule has 0 bridgehead atoms. The molecule has 17 heavy (non-hydrogen) atoms. The molecule has 3 nitrogen and oxygen atoms in total. The van der Waals surface area contributed by atoms with Gasteiger partial charge >= 0.3 is 0 Å². The van der Waals surface area contributed by atoms with Gasteiger partial charge in [-0.15, -0.1) is 0 Å². The lowest BCUT2D eigenvalue weighted by Gasteiger charge is -2.37. The van der Waals surface area contributed by atoms with Gasteiger partial charge in [-0.05, 0) is 18.6 Å². The summed E-state index contributed by atoms with van der Waals surface area (Å²) in [6, 6.07) is 4.77. The molecule has 1 aliphatic rings. The van der Waals surface area contributed by atoms with Crippen LogP contribution in [0.2, 0.25) is 0 Å². The van der Waals surface area contributed by atoms with Crippen LogP contribution in [-0.2, 0) is 13.1 Å². The third kappa shape index (κ3) is 3.00. The molecular formula is C13H21N3S. The Labute approximate surface area is 108 Å². The lowest BCUT2D eigenvalue weighted by molar-refractivity contribution is 0.203. The summed E-state index contributed by atoms with van der Waals surface area (Å²) in [4.78, 5) is 6.89. The van der Waals surface area contributed by atoms with E-state index in [0.717, 1.165) is 18.8 Å². The Kier molecular flexibility index (Phi) is 4.42. The lowest BCUT2D eigenvalue weighted by Crippen LogP contribution is -2.44. The fourth-order valence-electron chi connectivity index (χ4n) is 2.24. The molecule has 2 atom stereocenters. The highest BCUT2D eigenvalue weighted by atomic mass is 32.2. The summed E-state index contributed by atoms with van der Waals surface area (Å²) < 4.78 is 0. The van der Waals surface area contributed by atoms with Crippen LogP contribution < -0.4 is 5.73 Å². The molecule has 2 N–H and O–H groups in total. The quantitative estimate of drug-likeness (QED) is 0.890. The van der Waals surface area contributed by atoms with Gasteiger partial charge in [-0.1, -0.05) is 13.0 Å². The number of aromatic nitrogens is 1. The minimum Gasteiger partial charge on any atom is -0.325 e. The average molecular weight is 251 g/mol. The van der Waals surface area contributed by atoms with E-state index in [2.05, 4.69) is 41.6 Å². The molecule has 0 aliphatic carbocycles. The molecule has 1 aromatic rings. The van der Waals surface area contributed by atoms with Crippen molar-refractivity contribution in [2.45, 2.75) is 38.2 Å². The molecular weight excluding hydrogens is 230 g/mol. The maximum atomic E-state index is 5.73. The summed E-state index contributed by atoms with van der Waals surface area (Å²) in [6.07, 6.45) is 1.82. The van der Waals surface area contributed by atoms with E-state index in [0.29, 0.717) is 17.8 Å². The third-order valence-electron chi connectivity index (χ3n) is 3.57. The number of rotatable bonds is 3. The summed E-state index contributed by atoms with van der Waals surface area (Å²) in [5, 5.41) is 0.710. The summed E-state index contributed by atoms with van der Waals surface area (Å²) in [5.74, 6) is 1.23. The van der Waals surface area contributed by atoms with E-state index in [1.807, 2.05) is 12.3 Å². The molecule has 1 aromatic heterocycles. The topological polar surface area (TPSA) is 42.2 Å². The van der Waals surface area contributed by atoms with E-state index < -0.39 is 0 Å². The molecule has 1 fully saturated rings. The summed E-state index contributed by atoms with van der Waals surface area (Å²) in [6.45, 7) is 7.30. The second-order valence-electron chi connectivity index (χ2n) is 4.60. The maximum absolute atomic E-state index is 5.73. The molecule has 1 aliphatic heterocycles. The first-order valence-electron chi connectivity index (χ1n) is 6.21. The second-order valence-corrected chi connectivity index (χ2v) is 6.09. The molecule has 94 valence electrons. The van der Waals surface area contributed by atoms with Crippen LogP contribution in [0.1, 0.15) is 25.1 Å². The van der Waals surface area contributed by atoms with E-state index in [-0.39, 0.29) is 0 Å². The zero-order valence-corrected chi connectivity index (χ0v) is 11.4. The standard InChI is InChI=1S/C13H21N3S/c1-10-11(2)17-7-6-16(10)9-12-4-3-5-15-13(12)8-14/h3-5,10-11H,6-9,14H2,1-2H3. The molecule has 1 saturated heterocycles. The van der Waals surface area contributed by atoms with Crippen LogP contribution in [0.15, 0.2) is 18.3 Å². The van der Waals surface area contributed by atoms with Gasteiger partial charge in [-0.25, -0.2) is 0 Å². The smallest absolute Gasteiger partial charge is 0.0584 e. The maximum Gasteiger partial charge on any atom is 0.0584 e. The fraction of sp³-hybridized carbons (Fsp3) is 0.615. The molecule has 0 aromatic carbocycles. The van der Waals surface area contributed by atoms with Gasteiger partial charge in [-0.3, -0.25) is 9.88 Å². The van der Waals surface area contributed by atoms with Crippen molar-refractivity contribution >= 4 is 11.8 Å². The molecule has 4 heteroatoms. The van der Waals surface area contributed by atoms with Gasteiger partial charge in [0, 0.05) is 42.9 Å². The second kappa shape index (κ2) is 5.85. The first-order valence-corrected chi connectivity index (χ1v) is 7.25. The summed E-state index contributed by atoms with van der Waals surface area (Å²) in [7, 11) is 0. The highest BCUT2D eigenvalue weighted by Crippen LogP contribution is 2.25. The van der Waals surface area contributed by atoms with Crippen LogP contribution in [0.25, 0.3) is 0 Å². The Morgan fingerprint density at radius 3 is 3.12 bits per heavy atom. The van der Waals surface area contributed by atoms with Gasteiger partial charge in [0.25, 0.3) is 0 Å². The lowest BCUT2D eigenvalue weighted by atomic mass is 10.1. The first-order chi connectivity index (χ1) is 8.22. The molecule has 2 rings (SSSR count). The fourth-order valence-corrected chi connectivity index (χ4v) is 3.40. The minimum absolute atomic E-state index is 0.530. The van der Waals surface area contributed by atoms with E-state index in [4.69, 9.17) is 5.73 Å². The molecule has 0 saturated carbocycles. The van der Waals surface area contributed by atoms with Crippen LogP contribution in [0.4, 0.5) is 0 Å². The predicted molar refractivity (Wildman–Crippen MR) is 73.9 cm³/mol. The third-order valence-corrected chi connectivity index (χ3v) is 4.90. The zero-order chi connectivity index (χ0) is 12.3. The molecule has 0 spiro atoms. The van der Waals surface area contributed by atoms with E-state index >= 15 is 0 Å². The van der Waals surface area contributed by atoms with Crippen LogP contribution in [0.5, 0.6) is 0 Å². The van der Waals surface area contributed by atoms with Crippen LogP contribution in [-0.4, -0.2) is 33.5 Å². The number of hydrogen-bond acceptors (Lipinski definition) is 4. The Hall–Kier alpha value is -0.580. The molecule has 0 amide bonds. The Bertz CT molecular complexity index is 369. The highest BCUT2D eigenvalue weighted by molar-refractivity contribution is 8.00. The van der Waals surface area contributed by atoms with Gasteiger partial charge in [0.15, 0.2) is 0 Å². The number of hydrogen-bond donors (Lipinski definition) is 1. The number of nitrogens with zero attached hydrogens (tertiary/aromatic N) is 2. The van der Waals surface area contributed by atoms with Crippen LogP contribution in [0.3, 0.4) is 0 Å². The SMILES string of the molecule is CC1SCCN(Cc2cccnc2CN)C1C. The largest absolute Gasteiger partial charge is 0.325 e. The van der Waals surface area contributed by atoms with Crippen molar-refractivity contribution in [3.63, 3.8) is 0 Å². The monoisotopic (exact) mass is 251 g/mol. The molecule has 0 radical (unpaired) electrons. The normalized spacial score (nSPS) is 26.1. The van der Waals surface area contributed by atoms with Crippen molar-refractivity contribution in [3.8, 4) is 0 Å². The Morgan fingerprint density at radius 1 is 1.53 bits per heavy atom. The Balaban J connectivity index is 2.09. The van der Waals surface area contributed by atoms with Crippen molar-refractivity contribution in [2.75, 3.05) is 12.3 Å². The van der Waals surface area contributed by atoms with Crippen molar-refractivity contribution in [3.05, 3.63) is 29.6 Å². The summed E-state index contributed by atoms with van der Waals surface area (Å²) >= 11 is 2.07. The first kappa shape index (κ1) is 12.9. The molecule has 2 unspecified atom stereocenters. The van der Waals surface area contributed by atoms with Gasteiger partial charge in [-0.2, -0.15) is 11.8 Å². The van der Waals surface area contributed by atoms with Gasteiger partial charge in [0.1, 0.15) is 0 Å². The number of pyridine rings is 1. The average Bonchev–Trinajstić information content (AvgIpc) is 2.35. The Morgan fingerprint density at radius 2 is 2.35 bits per heavy atom. The van der Waals surface area contributed by atoms with Crippen LogP contribution in [0, 0.1) is 0 Å². The van der Waals surface area contributed by atoms with Gasteiger partial charge in [0.05, 0.1) is 5.69 Å². The van der Waals surface area contributed by atoms with Gasteiger partial charge < -0.3 is 5.73 Å². The molecule has 2 heterocycles. The van der Waals surface area contributed by atoms with E-state index in [1.54, 1.807) is 0 Å². The van der Waals surface area contributed by atoms with Gasteiger partial charge in [0.2, 0.25) is 0 Å². The number of nitrogens with two attached hydrogens (primary N) is 1. The zero-order valence-electron chi connectivity index (χ0n) is 10.6. The minimum atomic E-state index is 0.530. The van der Waals surface area contributed by atoms with Crippen molar-refractivity contribution in [2.24, 2.45) is 5.73 Å². The van der Waals surface area contributed by atoms with Crippen LogP contribution >= 0.6 is 11.8 Å². The number of thioether (sulfide) groups is 1. The summed E-state index contributed by atoms with van der Waals surface area (Å²) in [5.41, 5.74) is 8.04.